The lowest BCUT2D eigenvalue weighted by atomic mass is 10.3. The molecule has 29 heavy (non-hydrogen) atoms. The summed E-state index contributed by atoms with van der Waals surface area (Å²) < 4.78 is 31.7. The van der Waals surface area contributed by atoms with Gasteiger partial charge in [-0.2, -0.15) is 0 Å². The average molecular weight is 501 g/mol. The first kappa shape index (κ1) is 31.8. The van der Waals surface area contributed by atoms with E-state index in [1.54, 1.807) is 0 Å². The fraction of sp³-hybridized carbons (Fsp3) is 0.889. The van der Waals surface area contributed by atoms with E-state index in [1.807, 2.05) is 6.92 Å². The van der Waals surface area contributed by atoms with Crippen molar-refractivity contribution in [2.45, 2.75) is 91.5 Å². The van der Waals surface area contributed by atoms with Gasteiger partial charge in [0.05, 0.1) is 18.9 Å². The fourth-order valence-corrected chi connectivity index (χ4v) is 25.7. The molecule has 0 aromatic rings. The predicted octanol–water partition coefficient (Wildman–Crippen LogP) is 5.33. The second kappa shape index (κ2) is 12.6. The van der Waals surface area contributed by atoms with Crippen molar-refractivity contribution in [3.8, 4) is 0 Å². The highest BCUT2D eigenvalue weighted by atomic mass is 28.5. The molecule has 0 fully saturated rings. The summed E-state index contributed by atoms with van der Waals surface area (Å²) in [7, 11) is -10.9. The van der Waals surface area contributed by atoms with E-state index in [2.05, 4.69) is 85.2 Å². The molecule has 0 aliphatic rings. The Kier molecular flexibility index (Phi) is 13.8. The first-order valence-corrected chi connectivity index (χ1v) is 25.3. The first-order chi connectivity index (χ1) is 12.8. The van der Waals surface area contributed by atoms with Crippen LogP contribution in [0.1, 0.15) is 13.3 Å². The molecule has 0 heterocycles. The summed E-state index contributed by atoms with van der Waals surface area (Å²) in [6, 6.07) is 0. The highest BCUT2D eigenvalue weighted by Gasteiger charge is 2.47. The summed E-state index contributed by atoms with van der Waals surface area (Å²) in [4.78, 5) is 0. The second-order valence-electron chi connectivity index (χ2n) is 10.1. The van der Waals surface area contributed by atoms with Crippen LogP contribution in [-0.2, 0) is 21.2 Å². The van der Waals surface area contributed by atoms with E-state index >= 15 is 0 Å². The summed E-state index contributed by atoms with van der Waals surface area (Å²) in [5.41, 5.74) is 0. The Morgan fingerprint density at radius 3 is 1.48 bits per heavy atom. The SMILES string of the molecule is C=C.CCC(O)COC[Si](C)(O[Si](C)(C)C)O[Si](C)(C)O[Si](C)(C)O[Si](C)(C)C. The van der Waals surface area contributed by atoms with Crippen LogP contribution in [0.3, 0.4) is 0 Å². The molecule has 0 saturated heterocycles. The molecular weight excluding hydrogens is 453 g/mol. The Labute approximate surface area is 186 Å². The van der Waals surface area contributed by atoms with Gasteiger partial charge < -0.3 is 26.3 Å². The van der Waals surface area contributed by atoms with Crippen LogP contribution in [0.4, 0.5) is 0 Å². The zero-order chi connectivity index (χ0) is 23.7. The number of rotatable bonds is 13. The molecule has 0 saturated carbocycles. The van der Waals surface area contributed by atoms with E-state index in [-0.39, 0.29) is 0 Å². The van der Waals surface area contributed by atoms with E-state index in [1.165, 1.54) is 0 Å². The average Bonchev–Trinajstić information content (AvgIpc) is 2.41. The molecule has 0 aliphatic carbocycles. The summed E-state index contributed by atoms with van der Waals surface area (Å²) in [5.74, 6) is 0. The van der Waals surface area contributed by atoms with Crippen molar-refractivity contribution in [2.24, 2.45) is 0 Å². The summed E-state index contributed by atoms with van der Waals surface area (Å²) in [5, 5.41) is 9.78. The highest BCUT2D eigenvalue weighted by molar-refractivity contribution is 6.90. The Morgan fingerprint density at radius 1 is 0.690 bits per heavy atom. The van der Waals surface area contributed by atoms with Crippen molar-refractivity contribution in [3.05, 3.63) is 13.2 Å². The number of aliphatic hydroxyl groups is 1. The van der Waals surface area contributed by atoms with Crippen molar-refractivity contribution >= 4 is 42.3 Å². The molecule has 0 spiro atoms. The van der Waals surface area contributed by atoms with E-state index in [0.29, 0.717) is 19.3 Å². The van der Waals surface area contributed by atoms with Gasteiger partial charge >= 0.3 is 25.7 Å². The maximum atomic E-state index is 9.78. The Balaban J connectivity index is 0. The minimum atomic E-state index is -2.62. The van der Waals surface area contributed by atoms with Crippen LogP contribution in [0.2, 0.25) is 72.0 Å². The first-order valence-electron chi connectivity index (χ1n) is 10.3. The van der Waals surface area contributed by atoms with Gasteiger partial charge in [-0.15, -0.1) is 13.2 Å². The lowest BCUT2D eigenvalue weighted by Gasteiger charge is -2.42. The molecule has 176 valence electrons. The van der Waals surface area contributed by atoms with Gasteiger partial charge in [-0.25, -0.2) is 0 Å². The molecule has 0 rings (SSSR count). The van der Waals surface area contributed by atoms with Crippen LogP contribution in [0.25, 0.3) is 0 Å². The van der Waals surface area contributed by atoms with Crippen LogP contribution in [0.15, 0.2) is 13.2 Å². The molecule has 0 radical (unpaired) electrons. The molecule has 0 aliphatic heterocycles. The van der Waals surface area contributed by atoms with E-state index in [4.69, 9.17) is 21.2 Å². The van der Waals surface area contributed by atoms with Crippen LogP contribution >= 0.6 is 0 Å². The van der Waals surface area contributed by atoms with Crippen molar-refractivity contribution in [3.63, 3.8) is 0 Å². The summed E-state index contributed by atoms with van der Waals surface area (Å²) in [6.07, 6.45) is 0.615. The summed E-state index contributed by atoms with van der Waals surface area (Å²) >= 11 is 0. The van der Waals surface area contributed by atoms with Crippen LogP contribution in [0, 0.1) is 0 Å². The van der Waals surface area contributed by atoms with Crippen molar-refractivity contribution in [1.29, 1.82) is 0 Å². The standard InChI is InChI=1S/C16H44O6Si5.C2H4/c1-13-16(17)14-18-15-27(12,20-24(5,6)7)22-26(10,11)21-25(8,9)19-23(2,3)4;1-2/h16-17H,13-15H2,1-12H3;1-2H2. The molecule has 0 aromatic carbocycles. The molecule has 2 atom stereocenters. The van der Waals surface area contributed by atoms with E-state index < -0.39 is 48.4 Å². The predicted molar refractivity (Wildman–Crippen MR) is 136 cm³/mol. The maximum Gasteiger partial charge on any atom is 0.342 e. The van der Waals surface area contributed by atoms with Crippen LogP contribution in [-0.4, -0.2) is 66.4 Å². The number of ether oxygens (including phenoxy) is 1. The van der Waals surface area contributed by atoms with E-state index in [9.17, 15) is 5.11 Å². The highest BCUT2D eigenvalue weighted by Crippen LogP contribution is 2.26. The number of aliphatic hydroxyl groups excluding tert-OH is 1. The topological polar surface area (TPSA) is 66.4 Å². The van der Waals surface area contributed by atoms with Gasteiger partial charge in [0.25, 0.3) is 0 Å². The fourth-order valence-electron chi connectivity index (χ4n) is 3.12. The number of hydrogen-bond acceptors (Lipinski definition) is 6. The molecule has 2 unspecified atom stereocenters. The second-order valence-corrected chi connectivity index (χ2v) is 30.0. The monoisotopic (exact) mass is 500 g/mol. The van der Waals surface area contributed by atoms with Gasteiger partial charge in [-0.05, 0) is 78.4 Å². The third kappa shape index (κ3) is 17.9. The van der Waals surface area contributed by atoms with Gasteiger partial charge in [0.1, 0.15) is 0 Å². The molecule has 0 aromatic heterocycles. The van der Waals surface area contributed by atoms with Crippen molar-refractivity contribution in [1.82, 2.24) is 0 Å². The van der Waals surface area contributed by atoms with Gasteiger partial charge in [0, 0.05) is 0 Å². The third-order valence-electron chi connectivity index (χ3n) is 3.17. The number of hydrogen-bond donors (Lipinski definition) is 1. The quantitative estimate of drug-likeness (QED) is 0.272. The van der Waals surface area contributed by atoms with Gasteiger partial charge in [0.2, 0.25) is 0 Å². The lowest BCUT2D eigenvalue weighted by molar-refractivity contribution is 0.0443. The van der Waals surface area contributed by atoms with Crippen LogP contribution < -0.4 is 0 Å². The summed E-state index contributed by atoms with van der Waals surface area (Å²) in [6.45, 7) is 31.6. The minimum Gasteiger partial charge on any atom is -0.437 e. The smallest absolute Gasteiger partial charge is 0.342 e. The Morgan fingerprint density at radius 2 is 1.10 bits per heavy atom. The van der Waals surface area contributed by atoms with Gasteiger partial charge in [0.15, 0.2) is 16.6 Å². The lowest BCUT2D eigenvalue weighted by Crippen LogP contribution is -2.61. The normalized spacial score (nSPS) is 16.6. The Hall–Kier alpha value is 0.584. The molecular formula is C18H48O6Si5. The van der Waals surface area contributed by atoms with E-state index in [0.717, 1.165) is 0 Å². The van der Waals surface area contributed by atoms with Gasteiger partial charge in [-0.1, -0.05) is 6.92 Å². The molecule has 0 amide bonds. The van der Waals surface area contributed by atoms with Crippen LogP contribution in [0.5, 0.6) is 0 Å². The molecule has 11 heteroatoms. The molecule has 6 nitrogen and oxygen atoms in total. The Bertz CT molecular complexity index is 465. The van der Waals surface area contributed by atoms with Crippen molar-refractivity contribution in [2.75, 3.05) is 12.8 Å². The third-order valence-corrected chi connectivity index (χ3v) is 20.1. The zero-order valence-electron chi connectivity index (χ0n) is 21.1. The largest absolute Gasteiger partial charge is 0.437 e. The maximum absolute atomic E-state index is 9.78. The molecule has 0 bridgehead atoms. The van der Waals surface area contributed by atoms with Gasteiger partial charge in [-0.3, -0.25) is 0 Å². The minimum absolute atomic E-state index is 0.305. The van der Waals surface area contributed by atoms with Crippen molar-refractivity contribution < 1.29 is 26.3 Å². The zero-order valence-corrected chi connectivity index (χ0v) is 26.1. The molecule has 1 N–H and O–H groups in total.